The van der Waals surface area contributed by atoms with Gasteiger partial charge < -0.3 is 9.47 Å². The zero-order chi connectivity index (χ0) is 9.19. The van der Waals surface area contributed by atoms with Crippen molar-refractivity contribution in [2.24, 2.45) is 5.14 Å². The number of primary sulfonamides is 1. The van der Waals surface area contributed by atoms with E-state index in [-0.39, 0.29) is 11.9 Å². The topological polar surface area (TPSA) is 78.6 Å². The van der Waals surface area contributed by atoms with Crippen molar-refractivity contribution < 1.29 is 17.9 Å². The summed E-state index contributed by atoms with van der Waals surface area (Å²) in [5.74, 6) is -0.167. The molecule has 0 radical (unpaired) electrons. The molecule has 0 amide bonds. The van der Waals surface area contributed by atoms with Crippen LogP contribution in [0.3, 0.4) is 0 Å². The Hall–Kier alpha value is -0.170. The zero-order valence-electron chi connectivity index (χ0n) is 6.89. The first kappa shape index (κ1) is 9.91. The summed E-state index contributed by atoms with van der Waals surface area (Å²) in [5, 5.41) is 4.84. The number of hydrogen-bond acceptors (Lipinski definition) is 4. The molecule has 0 spiro atoms. The fourth-order valence-corrected chi connectivity index (χ4v) is 1.71. The van der Waals surface area contributed by atoms with Gasteiger partial charge in [0.2, 0.25) is 10.0 Å². The summed E-state index contributed by atoms with van der Waals surface area (Å²) in [6.45, 7) is 2.60. The summed E-state index contributed by atoms with van der Waals surface area (Å²) in [6, 6.07) is 0. The van der Waals surface area contributed by atoms with Crippen LogP contribution in [0.15, 0.2) is 0 Å². The van der Waals surface area contributed by atoms with Crippen LogP contribution in [-0.4, -0.2) is 39.6 Å². The highest BCUT2D eigenvalue weighted by atomic mass is 32.2. The van der Waals surface area contributed by atoms with Gasteiger partial charge in [0.25, 0.3) is 0 Å². The lowest BCUT2D eigenvalue weighted by Crippen LogP contribution is -2.39. The minimum absolute atomic E-state index is 0.0433. The van der Waals surface area contributed by atoms with E-state index in [1.165, 1.54) is 0 Å². The van der Waals surface area contributed by atoms with Crippen molar-refractivity contribution in [2.45, 2.75) is 19.1 Å². The van der Waals surface area contributed by atoms with E-state index in [4.69, 9.17) is 14.6 Å². The number of sulfonamides is 1. The third kappa shape index (κ3) is 3.48. The fourth-order valence-electron chi connectivity index (χ4n) is 0.995. The van der Waals surface area contributed by atoms with E-state index in [0.29, 0.717) is 13.2 Å². The molecule has 72 valence electrons. The molecule has 0 aliphatic carbocycles. The molecule has 5 nitrogen and oxygen atoms in total. The van der Waals surface area contributed by atoms with Gasteiger partial charge in [-0.3, -0.25) is 0 Å². The molecule has 0 bridgehead atoms. The lowest BCUT2D eigenvalue weighted by Gasteiger charge is -2.26. The van der Waals surface area contributed by atoms with Gasteiger partial charge in [-0.05, 0) is 6.92 Å². The van der Waals surface area contributed by atoms with Crippen molar-refractivity contribution in [1.29, 1.82) is 0 Å². The Kier molecular flexibility index (Phi) is 3.05. The molecule has 2 N–H and O–H groups in total. The maximum Gasteiger partial charge on any atom is 0.211 e. The molecular formula is C6H13NO4S. The first-order chi connectivity index (χ1) is 5.47. The standard InChI is InChI=1S/C6H13NO4S/c1-5-2-11-6(3-10-5)4-12(7,8)9/h5-6H,2-4H2,1H3,(H2,7,8,9)/t5-,6-/m1/s1. The van der Waals surface area contributed by atoms with Crippen molar-refractivity contribution in [2.75, 3.05) is 19.0 Å². The maximum absolute atomic E-state index is 10.6. The average Bonchev–Trinajstić information content (AvgIpc) is 1.91. The Morgan fingerprint density at radius 1 is 1.42 bits per heavy atom. The highest BCUT2D eigenvalue weighted by Crippen LogP contribution is 2.07. The molecule has 0 aromatic heterocycles. The number of rotatable bonds is 2. The normalized spacial score (nSPS) is 31.8. The predicted molar refractivity (Wildman–Crippen MR) is 43.1 cm³/mol. The highest BCUT2D eigenvalue weighted by molar-refractivity contribution is 7.89. The fraction of sp³-hybridized carbons (Fsp3) is 1.00. The summed E-state index contributed by atoms with van der Waals surface area (Å²) in [4.78, 5) is 0. The van der Waals surface area contributed by atoms with Gasteiger partial charge in [0.15, 0.2) is 0 Å². The molecule has 0 aromatic rings. The first-order valence-electron chi connectivity index (χ1n) is 3.71. The Balaban J connectivity index is 2.36. The van der Waals surface area contributed by atoms with E-state index in [1.807, 2.05) is 6.92 Å². The predicted octanol–water partition coefficient (Wildman–Crippen LogP) is -0.921. The second kappa shape index (κ2) is 3.69. The van der Waals surface area contributed by atoms with Gasteiger partial charge in [-0.15, -0.1) is 0 Å². The van der Waals surface area contributed by atoms with Crippen molar-refractivity contribution in [3.63, 3.8) is 0 Å². The molecule has 1 rings (SSSR count). The summed E-state index contributed by atoms with van der Waals surface area (Å²) in [5.41, 5.74) is 0. The van der Waals surface area contributed by atoms with Crippen molar-refractivity contribution in [1.82, 2.24) is 0 Å². The van der Waals surface area contributed by atoms with Gasteiger partial charge in [-0.2, -0.15) is 0 Å². The minimum atomic E-state index is -3.45. The highest BCUT2D eigenvalue weighted by Gasteiger charge is 2.22. The summed E-state index contributed by atoms with van der Waals surface area (Å²) < 4.78 is 31.6. The lowest BCUT2D eigenvalue weighted by molar-refractivity contribution is -0.118. The van der Waals surface area contributed by atoms with E-state index < -0.39 is 16.1 Å². The van der Waals surface area contributed by atoms with Gasteiger partial charge in [0.1, 0.15) is 0 Å². The van der Waals surface area contributed by atoms with Crippen LogP contribution < -0.4 is 5.14 Å². The van der Waals surface area contributed by atoms with E-state index in [0.717, 1.165) is 0 Å². The molecule has 6 heteroatoms. The van der Waals surface area contributed by atoms with E-state index in [1.54, 1.807) is 0 Å². The molecule has 0 aromatic carbocycles. The second-order valence-electron chi connectivity index (χ2n) is 2.93. The van der Waals surface area contributed by atoms with E-state index in [2.05, 4.69) is 0 Å². The Morgan fingerprint density at radius 3 is 2.50 bits per heavy atom. The second-order valence-corrected chi connectivity index (χ2v) is 4.59. The van der Waals surface area contributed by atoms with Crippen molar-refractivity contribution in [3.05, 3.63) is 0 Å². The monoisotopic (exact) mass is 195 g/mol. The van der Waals surface area contributed by atoms with E-state index >= 15 is 0 Å². The quantitative estimate of drug-likeness (QED) is 0.618. The first-order valence-corrected chi connectivity index (χ1v) is 5.42. The Labute approximate surface area is 71.9 Å². The smallest absolute Gasteiger partial charge is 0.211 e. The van der Waals surface area contributed by atoms with Crippen LogP contribution >= 0.6 is 0 Å². The molecule has 1 saturated heterocycles. The van der Waals surface area contributed by atoms with Crippen molar-refractivity contribution >= 4 is 10.0 Å². The molecule has 12 heavy (non-hydrogen) atoms. The van der Waals surface area contributed by atoms with Gasteiger partial charge in [0, 0.05) is 0 Å². The van der Waals surface area contributed by atoms with Gasteiger partial charge in [-0.1, -0.05) is 0 Å². The summed E-state index contributed by atoms with van der Waals surface area (Å²) >= 11 is 0. The molecule has 1 heterocycles. The van der Waals surface area contributed by atoms with Crippen LogP contribution in [0.1, 0.15) is 6.92 Å². The SMILES string of the molecule is C[C@@H]1CO[C@@H](CS(N)(=O)=O)CO1. The Bertz CT molecular complexity index is 230. The number of nitrogens with two attached hydrogens (primary N) is 1. The number of hydrogen-bond donors (Lipinski definition) is 1. The third-order valence-electron chi connectivity index (χ3n) is 1.55. The summed E-state index contributed by atoms with van der Waals surface area (Å²) in [6.07, 6.45) is -0.363. The third-order valence-corrected chi connectivity index (χ3v) is 2.39. The van der Waals surface area contributed by atoms with Gasteiger partial charge >= 0.3 is 0 Å². The van der Waals surface area contributed by atoms with Gasteiger partial charge in [-0.25, -0.2) is 13.6 Å². The van der Waals surface area contributed by atoms with Crippen LogP contribution in [0.2, 0.25) is 0 Å². The lowest BCUT2D eigenvalue weighted by atomic mass is 10.3. The average molecular weight is 195 g/mol. The van der Waals surface area contributed by atoms with Crippen LogP contribution in [0.5, 0.6) is 0 Å². The number of ether oxygens (including phenoxy) is 2. The molecule has 1 fully saturated rings. The van der Waals surface area contributed by atoms with Gasteiger partial charge in [0.05, 0.1) is 31.2 Å². The van der Waals surface area contributed by atoms with Crippen LogP contribution in [-0.2, 0) is 19.5 Å². The van der Waals surface area contributed by atoms with E-state index in [9.17, 15) is 8.42 Å². The molecule has 2 atom stereocenters. The molecule has 0 unspecified atom stereocenters. The molecule has 0 saturated carbocycles. The molecular weight excluding hydrogens is 182 g/mol. The zero-order valence-corrected chi connectivity index (χ0v) is 7.71. The van der Waals surface area contributed by atoms with Crippen LogP contribution in [0, 0.1) is 0 Å². The van der Waals surface area contributed by atoms with Crippen LogP contribution in [0.25, 0.3) is 0 Å². The van der Waals surface area contributed by atoms with Crippen molar-refractivity contribution in [3.8, 4) is 0 Å². The minimum Gasteiger partial charge on any atom is -0.373 e. The van der Waals surface area contributed by atoms with Crippen LogP contribution in [0.4, 0.5) is 0 Å². The largest absolute Gasteiger partial charge is 0.373 e. The Morgan fingerprint density at radius 2 is 2.08 bits per heavy atom. The molecule has 1 aliphatic heterocycles. The summed E-state index contributed by atoms with van der Waals surface area (Å²) in [7, 11) is -3.45. The molecule has 1 aliphatic rings. The maximum atomic E-state index is 10.6.